The molecule has 5 nitrogen and oxygen atoms in total. The lowest BCUT2D eigenvalue weighted by Crippen LogP contribution is -2.42. The van der Waals surface area contributed by atoms with Crippen molar-refractivity contribution in [3.8, 4) is 5.75 Å². The molecule has 108 valence electrons. The maximum Gasteiger partial charge on any atom is 0.258 e. The topological polar surface area (TPSA) is 58.6 Å². The van der Waals surface area contributed by atoms with Crippen LogP contribution in [0, 0.1) is 11.6 Å². The van der Waals surface area contributed by atoms with Gasteiger partial charge in [-0.2, -0.15) is 0 Å². The van der Waals surface area contributed by atoms with Crippen LogP contribution in [0.4, 0.5) is 8.78 Å². The Morgan fingerprint density at radius 2 is 2.25 bits per heavy atom. The van der Waals surface area contributed by atoms with Crippen LogP contribution < -0.4 is 10.1 Å². The number of hydrogen-bond acceptors (Lipinski definition) is 3. The average Bonchev–Trinajstić information content (AvgIpc) is 2.72. The third-order valence-electron chi connectivity index (χ3n) is 3.01. The third-order valence-corrected chi connectivity index (χ3v) is 3.01. The number of amides is 2. The van der Waals surface area contributed by atoms with Gasteiger partial charge < -0.3 is 15.0 Å². The molecular formula is C13H14F2N2O3. The molecule has 1 fully saturated rings. The van der Waals surface area contributed by atoms with Gasteiger partial charge in [-0.15, -0.1) is 0 Å². The van der Waals surface area contributed by atoms with Gasteiger partial charge in [0.1, 0.15) is 11.9 Å². The van der Waals surface area contributed by atoms with Crippen molar-refractivity contribution >= 4 is 11.8 Å². The molecule has 1 saturated heterocycles. The Labute approximate surface area is 114 Å². The second-order valence-electron chi connectivity index (χ2n) is 4.53. The number of carbonyl (C=O) groups excluding carboxylic acids is 2. The van der Waals surface area contributed by atoms with Gasteiger partial charge in [0.25, 0.3) is 5.91 Å². The zero-order valence-electron chi connectivity index (χ0n) is 10.9. The van der Waals surface area contributed by atoms with Crippen LogP contribution in [0.3, 0.4) is 0 Å². The zero-order chi connectivity index (χ0) is 14.7. The SMILES string of the molecule is CN1CCC(NC(=O)COc2cc(F)ccc2F)C1=O. The van der Waals surface area contributed by atoms with Crippen LogP contribution in [-0.4, -0.2) is 43.0 Å². The molecule has 1 aromatic rings. The number of carbonyl (C=O) groups is 2. The molecule has 0 aromatic heterocycles. The first kappa shape index (κ1) is 14.2. The summed E-state index contributed by atoms with van der Waals surface area (Å²) < 4.78 is 31.0. The van der Waals surface area contributed by atoms with Crippen molar-refractivity contribution < 1.29 is 23.1 Å². The lowest BCUT2D eigenvalue weighted by molar-refractivity contribution is -0.132. The van der Waals surface area contributed by atoms with E-state index in [0.29, 0.717) is 13.0 Å². The first-order chi connectivity index (χ1) is 9.47. The van der Waals surface area contributed by atoms with Crippen molar-refractivity contribution in [3.05, 3.63) is 29.8 Å². The van der Waals surface area contributed by atoms with E-state index in [1.807, 2.05) is 0 Å². The molecule has 1 aliphatic rings. The fourth-order valence-corrected chi connectivity index (χ4v) is 1.92. The van der Waals surface area contributed by atoms with Crippen molar-refractivity contribution in [3.63, 3.8) is 0 Å². The van der Waals surface area contributed by atoms with Crippen molar-refractivity contribution in [2.75, 3.05) is 20.2 Å². The van der Waals surface area contributed by atoms with E-state index in [9.17, 15) is 18.4 Å². The number of likely N-dealkylation sites (tertiary alicyclic amines) is 1. The van der Waals surface area contributed by atoms with Crippen LogP contribution in [0.15, 0.2) is 18.2 Å². The standard InChI is InChI=1S/C13H14F2N2O3/c1-17-5-4-10(13(17)19)16-12(18)7-20-11-6-8(14)2-3-9(11)15/h2-3,6,10H,4-5,7H2,1H3,(H,16,18). The first-order valence-electron chi connectivity index (χ1n) is 6.09. The van der Waals surface area contributed by atoms with Gasteiger partial charge in [-0.25, -0.2) is 8.78 Å². The Bertz CT molecular complexity index is 536. The number of nitrogens with zero attached hydrogens (tertiary/aromatic N) is 1. The Balaban J connectivity index is 1.86. The van der Waals surface area contributed by atoms with Gasteiger partial charge in [-0.3, -0.25) is 9.59 Å². The van der Waals surface area contributed by atoms with E-state index >= 15 is 0 Å². The quantitative estimate of drug-likeness (QED) is 0.885. The van der Waals surface area contributed by atoms with E-state index in [4.69, 9.17) is 4.74 Å². The molecule has 1 atom stereocenters. The van der Waals surface area contributed by atoms with Crippen molar-refractivity contribution in [1.29, 1.82) is 0 Å². The summed E-state index contributed by atoms with van der Waals surface area (Å²) in [4.78, 5) is 24.7. The summed E-state index contributed by atoms with van der Waals surface area (Å²) in [5.74, 6) is -2.47. The minimum Gasteiger partial charge on any atom is -0.481 e. The number of halogens is 2. The summed E-state index contributed by atoms with van der Waals surface area (Å²) in [6.07, 6.45) is 0.523. The number of ether oxygens (including phenoxy) is 1. The summed E-state index contributed by atoms with van der Waals surface area (Å²) in [5, 5.41) is 2.49. The normalized spacial score (nSPS) is 18.2. The highest BCUT2D eigenvalue weighted by atomic mass is 19.1. The van der Waals surface area contributed by atoms with Crippen LogP contribution in [0.25, 0.3) is 0 Å². The zero-order valence-corrected chi connectivity index (χ0v) is 10.9. The van der Waals surface area contributed by atoms with Gasteiger partial charge in [0, 0.05) is 19.7 Å². The van der Waals surface area contributed by atoms with E-state index in [2.05, 4.69) is 5.32 Å². The fraction of sp³-hybridized carbons (Fsp3) is 0.385. The maximum absolute atomic E-state index is 13.3. The monoisotopic (exact) mass is 284 g/mol. The molecule has 1 N–H and O–H groups in total. The summed E-state index contributed by atoms with van der Waals surface area (Å²) in [7, 11) is 1.65. The molecule has 20 heavy (non-hydrogen) atoms. The number of benzene rings is 1. The summed E-state index contributed by atoms with van der Waals surface area (Å²) in [5.41, 5.74) is 0. The van der Waals surface area contributed by atoms with Gasteiger partial charge in [0.2, 0.25) is 5.91 Å². The molecule has 1 aromatic carbocycles. The van der Waals surface area contributed by atoms with E-state index in [-0.39, 0.29) is 11.7 Å². The Morgan fingerprint density at radius 1 is 1.50 bits per heavy atom. The molecule has 7 heteroatoms. The Morgan fingerprint density at radius 3 is 2.90 bits per heavy atom. The first-order valence-corrected chi connectivity index (χ1v) is 6.09. The number of likely N-dealkylation sites (N-methyl/N-ethyl adjacent to an activating group) is 1. The highest BCUT2D eigenvalue weighted by molar-refractivity contribution is 5.89. The minimum absolute atomic E-state index is 0.171. The molecule has 0 spiro atoms. The van der Waals surface area contributed by atoms with Crippen LogP contribution in [0.5, 0.6) is 5.75 Å². The molecule has 0 aliphatic carbocycles. The van der Waals surface area contributed by atoms with Gasteiger partial charge in [-0.05, 0) is 18.6 Å². The van der Waals surface area contributed by atoms with Crippen LogP contribution in [0.1, 0.15) is 6.42 Å². The van der Waals surface area contributed by atoms with Crippen LogP contribution >= 0.6 is 0 Å². The molecule has 2 rings (SSSR count). The lowest BCUT2D eigenvalue weighted by Gasteiger charge is -2.13. The van der Waals surface area contributed by atoms with Crippen molar-refractivity contribution in [2.24, 2.45) is 0 Å². The fourth-order valence-electron chi connectivity index (χ4n) is 1.92. The molecule has 1 aliphatic heterocycles. The van der Waals surface area contributed by atoms with Gasteiger partial charge >= 0.3 is 0 Å². The third kappa shape index (κ3) is 3.23. The number of hydrogen-bond donors (Lipinski definition) is 1. The highest BCUT2D eigenvalue weighted by Gasteiger charge is 2.30. The van der Waals surface area contributed by atoms with E-state index in [1.165, 1.54) is 4.90 Å². The predicted octanol–water partition coefficient (Wildman–Crippen LogP) is 0.690. The largest absolute Gasteiger partial charge is 0.481 e. The minimum atomic E-state index is -0.754. The van der Waals surface area contributed by atoms with Gasteiger partial charge in [0.15, 0.2) is 18.2 Å². The second kappa shape index (κ2) is 5.85. The maximum atomic E-state index is 13.3. The molecule has 1 unspecified atom stereocenters. The average molecular weight is 284 g/mol. The van der Waals surface area contributed by atoms with E-state index < -0.39 is 30.2 Å². The summed E-state index contributed by atoms with van der Waals surface area (Å²) in [6.45, 7) is 0.0943. The van der Waals surface area contributed by atoms with E-state index in [0.717, 1.165) is 18.2 Å². The van der Waals surface area contributed by atoms with E-state index in [1.54, 1.807) is 7.05 Å². The molecule has 1 heterocycles. The van der Waals surface area contributed by atoms with Gasteiger partial charge in [0.05, 0.1) is 0 Å². The van der Waals surface area contributed by atoms with Crippen molar-refractivity contribution in [1.82, 2.24) is 10.2 Å². The van der Waals surface area contributed by atoms with Gasteiger partial charge in [-0.1, -0.05) is 0 Å². The van der Waals surface area contributed by atoms with Crippen LogP contribution in [-0.2, 0) is 9.59 Å². The van der Waals surface area contributed by atoms with Crippen molar-refractivity contribution in [2.45, 2.75) is 12.5 Å². The second-order valence-corrected chi connectivity index (χ2v) is 4.53. The molecule has 0 bridgehead atoms. The highest BCUT2D eigenvalue weighted by Crippen LogP contribution is 2.17. The number of rotatable bonds is 4. The summed E-state index contributed by atoms with van der Waals surface area (Å²) >= 11 is 0. The molecule has 0 radical (unpaired) electrons. The molecular weight excluding hydrogens is 270 g/mol. The predicted molar refractivity (Wildman–Crippen MR) is 66.0 cm³/mol. The summed E-state index contributed by atoms with van der Waals surface area (Å²) in [6, 6.07) is 2.15. The lowest BCUT2D eigenvalue weighted by atomic mass is 10.2. The smallest absolute Gasteiger partial charge is 0.258 e. The Kier molecular flexibility index (Phi) is 4.16. The molecule has 0 saturated carbocycles. The van der Waals surface area contributed by atoms with Crippen LogP contribution in [0.2, 0.25) is 0 Å². The molecule has 2 amide bonds. The number of nitrogens with one attached hydrogen (secondary N) is 1. The Hall–Kier alpha value is -2.18.